The first-order valence-electron chi connectivity index (χ1n) is 5.98. The lowest BCUT2D eigenvalue weighted by Gasteiger charge is -2.12. The molecule has 2 aromatic rings. The van der Waals surface area contributed by atoms with E-state index in [1.165, 1.54) is 9.56 Å². The molecule has 1 atom stereocenters. The molecule has 2 heterocycles. The first kappa shape index (κ1) is 13.0. The third-order valence-electron chi connectivity index (χ3n) is 2.74. The van der Waals surface area contributed by atoms with Gasteiger partial charge in [0.05, 0.1) is 12.2 Å². The van der Waals surface area contributed by atoms with E-state index in [1.54, 1.807) is 23.5 Å². The number of aryl methyl sites for hydroxylation is 1. The number of hydrogen-bond acceptors (Lipinski definition) is 4. The molecule has 0 radical (unpaired) electrons. The van der Waals surface area contributed by atoms with Crippen molar-refractivity contribution in [2.24, 2.45) is 0 Å². The Morgan fingerprint density at radius 3 is 3.00 bits per heavy atom. The van der Waals surface area contributed by atoms with Crippen molar-refractivity contribution in [2.45, 2.75) is 26.4 Å². The number of aromatic nitrogens is 2. The van der Waals surface area contributed by atoms with Crippen LogP contribution >= 0.6 is 11.3 Å². The van der Waals surface area contributed by atoms with Gasteiger partial charge in [-0.05, 0) is 31.4 Å². The van der Waals surface area contributed by atoms with Gasteiger partial charge in [0.25, 0.3) is 5.56 Å². The normalized spacial score (nSPS) is 12.6. The molecule has 0 aliphatic carbocycles. The van der Waals surface area contributed by atoms with Gasteiger partial charge in [-0.2, -0.15) is 5.10 Å². The Hall–Kier alpha value is -1.46. The quantitative estimate of drug-likeness (QED) is 0.897. The predicted octanol–water partition coefficient (Wildman–Crippen LogP) is 1.96. The molecule has 96 valence electrons. The molecule has 1 unspecified atom stereocenters. The van der Waals surface area contributed by atoms with Gasteiger partial charge in [-0.3, -0.25) is 4.79 Å². The summed E-state index contributed by atoms with van der Waals surface area (Å²) in [5.74, 6) is 0. The van der Waals surface area contributed by atoms with Crippen molar-refractivity contribution in [3.63, 3.8) is 0 Å². The molecule has 0 amide bonds. The third-order valence-corrected chi connectivity index (χ3v) is 3.80. The highest BCUT2D eigenvalue weighted by Crippen LogP contribution is 2.17. The van der Waals surface area contributed by atoms with E-state index in [0.717, 1.165) is 12.2 Å². The van der Waals surface area contributed by atoms with Gasteiger partial charge >= 0.3 is 0 Å². The minimum Gasteiger partial charge on any atom is -0.308 e. The Morgan fingerprint density at radius 2 is 2.28 bits per heavy atom. The van der Waals surface area contributed by atoms with Gasteiger partial charge in [0.15, 0.2) is 0 Å². The Morgan fingerprint density at radius 1 is 1.44 bits per heavy atom. The Kier molecular flexibility index (Phi) is 4.28. The van der Waals surface area contributed by atoms with E-state index >= 15 is 0 Å². The summed E-state index contributed by atoms with van der Waals surface area (Å²) < 4.78 is 1.50. The second-order valence-electron chi connectivity index (χ2n) is 4.23. The second-order valence-corrected chi connectivity index (χ2v) is 5.21. The first-order chi connectivity index (χ1) is 8.66. The molecule has 0 aliphatic heterocycles. The molecular formula is C13H17N3OS. The number of nitrogens with one attached hydrogen (secondary N) is 1. The van der Waals surface area contributed by atoms with E-state index in [0.29, 0.717) is 12.6 Å². The van der Waals surface area contributed by atoms with E-state index in [4.69, 9.17) is 0 Å². The molecule has 0 fully saturated rings. The van der Waals surface area contributed by atoms with Crippen LogP contribution in [0.3, 0.4) is 0 Å². The van der Waals surface area contributed by atoms with Gasteiger partial charge in [0.2, 0.25) is 0 Å². The summed E-state index contributed by atoms with van der Waals surface area (Å²) in [6.45, 7) is 5.33. The summed E-state index contributed by atoms with van der Waals surface area (Å²) in [5.41, 5.74) is 0.812. The maximum Gasteiger partial charge on any atom is 0.266 e. The van der Waals surface area contributed by atoms with Crippen molar-refractivity contribution >= 4 is 11.3 Å². The predicted molar refractivity (Wildman–Crippen MR) is 74.0 cm³/mol. The summed E-state index contributed by atoms with van der Waals surface area (Å²) in [4.78, 5) is 12.9. The van der Waals surface area contributed by atoms with Gasteiger partial charge in [-0.15, -0.1) is 11.3 Å². The van der Waals surface area contributed by atoms with Crippen LogP contribution in [0.25, 0.3) is 0 Å². The monoisotopic (exact) mass is 263 g/mol. The maximum absolute atomic E-state index is 11.6. The zero-order chi connectivity index (χ0) is 13.0. The summed E-state index contributed by atoms with van der Waals surface area (Å²) in [5, 5.41) is 9.66. The Balaban J connectivity index is 1.89. The highest BCUT2D eigenvalue weighted by atomic mass is 32.1. The van der Waals surface area contributed by atoms with Crippen molar-refractivity contribution in [3.8, 4) is 0 Å². The van der Waals surface area contributed by atoms with Crippen LogP contribution in [0.2, 0.25) is 0 Å². The molecule has 18 heavy (non-hydrogen) atoms. The fourth-order valence-electron chi connectivity index (χ4n) is 1.74. The van der Waals surface area contributed by atoms with Crippen LogP contribution in [-0.4, -0.2) is 16.3 Å². The van der Waals surface area contributed by atoms with E-state index in [9.17, 15) is 4.79 Å². The van der Waals surface area contributed by atoms with Crippen LogP contribution in [0.5, 0.6) is 0 Å². The topological polar surface area (TPSA) is 46.9 Å². The molecule has 2 aromatic heterocycles. The van der Waals surface area contributed by atoms with Crippen LogP contribution in [0.15, 0.2) is 34.4 Å². The zero-order valence-corrected chi connectivity index (χ0v) is 11.4. The van der Waals surface area contributed by atoms with Gasteiger partial charge in [0.1, 0.15) is 0 Å². The van der Waals surface area contributed by atoms with Crippen molar-refractivity contribution in [1.29, 1.82) is 0 Å². The summed E-state index contributed by atoms with van der Waals surface area (Å²) in [6, 6.07) is 7.76. The van der Waals surface area contributed by atoms with Crippen molar-refractivity contribution < 1.29 is 0 Å². The Labute approximate surface area is 110 Å². The first-order valence-corrected chi connectivity index (χ1v) is 6.86. The molecule has 0 aliphatic rings. The summed E-state index contributed by atoms with van der Waals surface area (Å²) in [7, 11) is 0. The molecule has 0 aromatic carbocycles. The van der Waals surface area contributed by atoms with Crippen LogP contribution in [0, 0.1) is 6.92 Å². The highest BCUT2D eigenvalue weighted by molar-refractivity contribution is 7.10. The molecule has 0 saturated heterocycles. The lowest BCUT2D eigenvalue weighted by atomic mass is 10.3. The summed E-state index contributed by atoms with van der Waals surface area (Å²) in [6.07, 6.45) is 0. The maximum atomic E-state index is 11.6. The number of nitrogens with zero attached hydrogens (tertiary/aromatic N) is 2. The lowest BCUT2D eigenvalue weighted by molar-refractivity contribution is 0.493. The average Bonchev–Trinajstić information content (AvgIpc) is 2.87. The van der Waals surface area contributed by atoms with Crippen LogP contribution in [0.1, 0.15) is 23.5 Å². The molecule has 2 rings (SSSR count). The highest BCUT2D eigenvalue weighted by Gasteiger charge is 2.05. The van der Waals surface area contributed by atoms with E-state index in [2.05, 4.69) is 28.8 Å². The van der Waals surface area contributed by atoms with Crippen molar-refractivity contribution in [2.75, 3.05) is 6.54 Å². The smallest absolute Gasteiger partial charge is 0.266 e. The molecule has 0 saturated carbocycles. The van der Waals surface area contributed by atoms with E-state index in [1.807, 2.05) is 13.0 Å². The third kappa shape index (κ3) is 3.27. The van der Waals surface area contributed by atoms with E-state index < -0.39 is 0 Å². The van der Waals surface area contributed by atoms with Gasteiger partial charge in [-0.1, -0.05) is 6.07 Å². The molecule has 4 nitrogen and oxygen atoms in total. The fraction of sp³-hybridized carbons (Fsp3) is 0.385. The second kappa shape index (κ2) is 5.93. The number of thiophene rings is 1. The van der Waals surface area contributed by atoms with Crippen molar-refractivity contribution in [1.82, 2.24) is 15.1 Å². The molecule has 1 N–H and O–H groups in total. The lowest BCUT2D eigenvalue weighted by Crippen LogP contribution is -2.29. The van der Waals surface area contributed by atoms with Gasteiger partial charge in [0, 0.05) is 23.5 Å². The number of rotatable bonds is 5. The summed E-state index contributed by atoms with van der Waals surface area (Å²) >= 11 is 1.74. The standard InChI is InChI=1S/C13H17N3OS/c1-10-5-6-13(17)16(15-10)8-7-14-11(2)12-4-3-9-18-12/h3-6,9,11,14H,7-8H2,1-2H3. The largest absolute Gasteiger partial charge is 0.308 e. The SMILES string of the molecule is Cc1ccc(=O)n(CCNC(C)c2cccs2)n1. The van der Waals surface area contributed by atoms with Crippen LogP contribution < -0.4 is 10.9 Å². The fourth-order valence-corrected chi connectivity index (χ4v) is 2.50. The van der Waals surface area contributed by atoms with Gasteiger partial charge < -0.3 is 5.32 Å². The van der Waals surface area contributed by atoms with Crippen LogP contribution in [-0.2, 0) is 6.54 Å². The minimum atomic E-state index is -0.0498. The van der Waals surface area contributed by atoms with E-state index in [-0.39, 0.29) is 5.56 Å². The Bertz CT molecular complexity index is 548. The molecular weight excluding hydrogens is 246 g/mol. The zero-order valence-electron chi connectivity index (χ0n) is 10.6. The average molecular weight is 263 g/mol. The molecule has 5 heteroatoms. The molecule has 0 bridgehead atoms. The molecule has 0 spiro atoms. The van der Waals surface area contributed by atoms with Gasteiger partial charge in [-0.25, -0.2) is 4.68 Å². The minimum absolute atomic E-state index is 0.0498. The van der Waals surface area contributed by atoms with Crippen LogP contribution in [0.4, 0.5) is 0 Å². The number of hydrogen-bond donors (Lipinski definition) is 1. The van der Waals surface area contributed by atoms with Crippen molar-refractivity contribution in [3.05, 3.63) is 50.6 Å².